The smallest absolute Gasteiger partial charge is 0.325 e. The predicted molar refractivity (Wildman–Crippen MR) is 74.9 cm³/mol. The molecule has 0 atom stereocenters. The van der Waals surface area contributed by atoms with Crippen molar-refractivity contribution >= 4 is 0 Å². The van der Waals surface area contributed by atoms with Crippen molar-refractivity contribution in [2.45, 2.75) is 0 Å². The molecule has 0 bridgehead atoms. The van der Waals surface area contributed by atoms with Gasteiger partial charge in [-0.1, -0.05) is 0 Å². The van der Waals surface area contributed by atoms with E-state index in [1.54, 1.807) is 0 Å². The molecule has 3 aromatic rings. The zero-order valence-corrected chi connectivity index (χ0v) is 11.5. The van der Waals surface area contributed by atoms with E-state index >= 15 is 0 Å². The van der Waals surface area contributed by atoms with Crippen LogP contribution in [0.5, 0.6) is 23.4 Å². The number of hydrogen-bond donors (Lipinski definition) is 0. The molecule has 1 heterocycles. The summed E-state index contributed by atoms with van der Waals surface area (Å²) < 4.78 is 49.5. The molecule has 0 fully saturated rings. The lowest BCUT2D eigenvalue weighted by Crippen LogP contribution is -1.95. The maximum absolute atomic E-state index is 13.1. The molecule has 0 saturated heterocycles. The molecular formula is C16H9F3N2O2. The van der Waals surface area contributed by atoms with Gasteiger partial charge in [-0.05, 0) is 36.4 Å². The standard InChI is InChI=1S/C16H9F3N2O2/c17-10-1-3-11(4-2-10)22-15-7-8-20-16(21-15)23-12-5-6-13(18)14(19)9-12/h1-9H. The molecule has 0 saturated carbocycles. The molecule has 116 valence electrons. The fourth-order valence-electron chi connectivity index (χ4n) is 1.70. The maximum Gasteiger partial charge on any atom is 0.325 e. The third kappa shape index (κ3) is 3.76. The molecule has 2 aromatic carbocycles. The van der Waals surface area contributed by atoms with Crippen molar-refractivity contribution in [1.82, 2.24) is 9.97 Å². The van der Waals surface area contributed by atoms with Gasteiger partial charge in [0.15, 0.2) is 11.6 Å². The number of hydrogen-bond acceptors (Lipinski definition) is 4. The molecule has 0 amide bonds. The van der Waals surface area contributed by atoms with Gasteiger partial charge in [0, 0.05) is 18.3 Å². The first-order valence-electron chi connectivity index (χ1n) is 6.49. The normalized spacial score (nSPS) is 10.4. The van der Waals surface area contributed by atoms with Crippen LogP contribution in [-0.2, 0) is 0 Å². The molecule has 0 N–H and O–H groups in total. The Morgan fingerprint density at radius 3 is 2.22 bits per heavy atom. The topological polar surface area (TPSA) is 44.2 Å². The summed E-state index contributed by atoms with van der Waals surface area (Å²) in [5.74, 6) is -1.83. The Labute approximate surface area is 129 Å². The van der Waals surface area contributed by atoms with E-state index in [2.05, 4.69) is 9.97 Å². The number of aromatic nitrogens is 2. The molecule has 3 rings (SSSR count). The molecule has 7 heteroatoms. The lowest BCUT2D eigenvalue weighted by atomic mass is 10.3. The van der Waals surface area contributed by atoms with Crippen LogP contribution in [0.15, 0.2) is 54.7 Å². The number of halogens is 3. The van der Waals surface area contributed by atoms with Gasteiger partial charge in [-0.3, -0.25) is 0 Å². The van der Waals surface area contributed by atoms with Gasteiger partial charge < -0.3 is 9.47 Å². The molecule has 0 aliphatic rings. The first-order valence-corrected chi connectivity index (χ1v) is 6.49. The highest BCUT2D eigenvalue weighted by Crippen LogP contribution is 2.24. The zero-order chi connectivity index (χ0) is 16.2. The minimum Gasteiger partial charge on any atom is -0.439 e. The second kappa shape index (κ2) is 6.35. The van der Waals surface area contributed by atoms with Crippen LogP contribution in [0.1, 0.15) is 0 Å². The van der Waals surface area contributed by atoms with Crippen molar-refractivity contribution < 1.29 is 22.6 Å². The van der Waals surface area contributed by atoms with Gasteiger partial charge in [0.05, 0.1) is 0 Å². The van der Waals surface area contributed by atoms with E-state index in [-0.39, 0.29) is 23.5 Å². The summed E-state index contributed by atoms with van der Waals surface area (Å²) in [6.45, 7) is 0. The van der Waals surface area contributed by atoms with Gasteiger partial charge in [0.1, 0.15) is 17.3 Å². The van der Waals surface area contributed by atoms with Crippen LogP contribution < -0.4 is 9.47 Å². The number of nitrogens with zero attached hydrogens (tertiary/aromatic N) is 2. The van der Waals surface area contributed by atoms with Crippen molar-refractivity contribution in [3.8, 4) is 23.4 Å². The van der Waals surface area contributed by atoms with E-state index in [9.17, 15) is 13.2 Å². The molecule has 0 aliphatic carbocycles. The Morgan fingerprint density at radius 2 is 1.48 bits per heavy atom. The van der Waals surface area contributed by atoms with Gasteiger partial charge in [-0.2, -0.15) is 4.98 Å². The molecule has 0 unspecified atom stereocenters. The van der Waals surface area contributed by atoms with Crippen molar-refractivity contribution in [3.63, 3.8) is 0 Å². The Bertz CT molecular complexity index is 826. The summed E-state index contributed by atoms with van der Waals surface area (Å²) >= 11 is 0. The van der Waals surface area contributed by atoms with E-state index in [1.807, 2.05) is 0 Å². The summed E-state index contributed by atoms with van der Waals surface area (Å²) in [4.78, 5) is 7.83. The number of rotatable bonds is 4. The van der Waals surface area contributed by atoms with Gasteiger partial charge in [-0.15, -0.1) is 0 Å². The average molecular weight is 318 g/mol. The van der Waals surface area contributed by atoms with Crippen LogP contribution in [0.2, 0.25) is 0 Å². The lowest BCUT2D eigenvalue weighted by Gasteiger charge is -2.07. The summed E-state index contributed by atoms with van der Waals surface area (Å²) in [5, 5.41) is 0. The second-order valence-electron chi connectivity index (χ2n) is 4.41. The largest absolute Gasteiger partial charge is 0.439 e. The van der Waals surface area contributed by atoms with Crippen molar-refractivity contribution in [2.24, 2.45) is 0 Å². The SMILES string of the molecule is Fc1ccc(Oc2ccnc(Oc3ccc(F)c(F)c3)n2)cc1. The highest BCUT2D eigenvalue weighted by molar-refractivity contribution is 5.29. The molecule has 23 heavy (non-hydrogen) atoms. The summed E-state index contributed by atoms with van der Waals surface area (Å²) in [7, 11) is 0. The van der Waals surface area contributed by atoms with Crippen LogP contribution in [0.25, 0.3) is 0 Å². The van der Waals surface area contributed by atoms with Crippen LogP contribution in [0, 0.1) is 17.5 Å². The number of benzene rings is 2. The van der Waals surface area contributed by atoms with Crippen LogP contribution >= 0.6 is 0 Å². The molecule has 0 radical (unpaired) electrons. The minimum atomic E-state index is -1.04. The fraction of sp³-hybridized carbons (Fsp3) is 0. The average Bonchev–Trinajstić information content (AvgIpc) is 2.54. The molecule has 0 aliphatic heterocycles. The number of ether oxygens (including phenoxy) is 2. The third-order valence-corrected chi connectivity index (χ3v) is 2.74. The van der Waals surface area contributed by atoms with E-state index in [0.29, 0.717) is 5.75 Å². The highest BCUT2D eigenvalue weighted by Gasteiger charge is 2.07. The first kappa shape index (κ1) is 14.8. The highest BCUT2D eigenvalue weighted by atomic mass is 19.2. The van der Waals surface area contributed by atoms with Gasteiger partial charge in [-0.25, -0.2) is 18.2 Å². The van der Waals surface area contributed by atoms with E-state index in [0.717, 1.165) is 12.1 Å². The monoisotopic (exact) mass is 318 g/mol. The van der Waals surface area contributed by atoms with Crippen molar-refractivity contribution in [3.05, 3.63) is 72.2 Å². The van der Waals surface area contributed by atoms with Gasteiger partial charge in [0.2, 0.25) is 5.88 Å². The molecule has 0 spiro atoms. The fourth-order valence-corrected chi connectivity index (χ4v) is 1.70. The van der Waals surface area contributed by atoms with Crippen LogP contribution in [0.4, 0.5) is 13.2 Å². The van der Waals surface area contributed by atoms with Crippen LogP contribution in [-0.4, -0.2) is 9.97 Å². The minimum absolute atomic E-state index is 0.0443. The van der Waals surface area contributed by atoms with Gasteiger partial charge >= 0.3 is 6.01 Å². The van der Waals surface area contributed by atoms with Crippen molar-refractivity contribution in [1.29, 1.82) is 0 Å². The maximum atomic E-state index is 13.1. The van der Waals surface area contributed by atoms with Gasteiger partial charge in [0.25, 0.3) is 0 Å². The van der Waals surface area contributed by atoms with E-state index in [4.69, 9.17) is 9.47 Å². The summed E-state index contributed by atoms with van der Waals surface area (Å²) in [6, 6.07) is 9.80. The van der Waals surface area contributed by atoms with Crippen LogP contribution in [0.3, 0.4) is 0 Å². The molecule has 4 nitrogen and oxygen atoms in total. The Hall–Kier alpha value is -3.09. The summed E-state index contributed by atoms with van der Waals surface area (Å²) in [6.07, 6.45) is 1.38. The quantitative estimate of drug-likeness (QED) is 0.711. The van der Waals surface area contributed by atoms with Crippen molar-refractivity contribution in [2.75, 3.05) is 0 Å². The Balaban J connectivity index is 1.76. The first-order chi connectivity index (χ1) is 11.1. The molecular weight excluding hydrogens is 309 g/mol. The Kier molecular flexibility index (Phi) is 4.09. The van der Waals surface area contributed by atoms with E-state index < -0.39 is 11.6 Å². The lowest BCUT2D eigenvalue weighted by molar-refractivity contribution is 0.406. The zero-order valence-electron chi connectivity index (χ0n) is 11.5. The summed E-state index contributed by atoms with van der Waals surface area (Å²) in [5.41, 5.74) is 0. The van der Waals surface area contributed by atoms with E-state index in [1.165, 1.54) is 42.6 Å². The predicted octanol–water partition coefficient (Wildman–Crippen LogP) is 4.48. The Morgan fingerprint density at radius 1 is 0.739 bits per heavy atom. The third-order valence-electron chi connectivity index (χ3n) is 2.74. The molecule has 1 aromatic heterocycles. The second-order valence-corrected chi connectivity index (χ2v) is 4.41.